The van der Waals surface area contributed by atoms with Crippen LogP contribution in [0, 0.1) is 0 Å². The Bertz CT molecular complexity index is 1300. The van der Waals surface area contributed by atoms with E-state index in [9.17, 15) is 24.3 Å². The van der Waals surface area contributed by atoms with Gasteiger partial charge >= 0.3 is 17.9 Å². The minimum Gasteiger partial charge on any atom is -0.478 e. The molecule has 0 fully saturated rings. The van der Waals surface area contributed by atoms with E-state index >= 15 is 0 Å². The van der Waals surface area contributed by atoms with Crippen LogP contribution in [0.3, 0.4) is 0 Å². The van der Waals surface area contributed by atoms with Gasteiger partial charge in [-0.2, -0.15) is 0 Å². The van der Waals surface area contributed by atoms with Gasteiger partial charge in [-0.1, -0.05) is 50.7 Å². The third kappa shape index (κ3) is 7.20. The summed E-state index contributed by atoms with van der Waals surface area (Å²) < 4.78 is 10.9. The smallest absolute Gasteiger partial charge is 0.349 e. The van der Waals surface area contributed by atoms with Crippen molar-refractivity contribution in [3.05, 3.63) is 97.4 Å². The molecule has 0 saturated carbocycles. The van der Waals surface area contributed by atoms with Crippen molar-refractivity contribution < 1.29 is 33.8 Å². The quantitative estimate of drug-likeness (QED) is 0.304. The number of amides is 1. The highest BCUT2D eigenvalue weighted by Gasteiger charge is 2.41. The predicted molar refractivity (Wildman–Crippen MR) is 137 cm³/mol. The number of benzene rings is 3. The van der Waals surface area contributed by atoms with E-state index in [0.29, 0.717) is 14.5 Å². The Labute approximate surface area is 228 Å². The van der Waals surface area contributed by atoms with E-state index < -0.39 is 36.0 Å². The van der Waals surface area contributed by atoms with Crippen molar-refractivity contribution in [3.63, 3.8) is 0 Å². The molecule has 3 aromatic rings. The van der Waals surface area contributed by atoms with Gasteiger partial charge in [-0.3, -0.25) is 4.79 Å². The Kier molecular flexibility index (Phi) is 9.33. The number of aliphatic carboxylic acids is 1. The van der Waals surface area contributed by atoms with Crippen LogP contribution in [0.1, 0.15) is 20.7 Å². The second-order valence-corrected chi connectivity index (χ2v) is 9.31. The summed E-state index contributed by atoms with van der Waals surface area (Å²) in [5.41, 5.74) is 0.0439. The second kappa shape index (κ2) is 12.2. The van der Waals surface area contributed by atoms with E-state index in [1.165, 1.54) is 60.7 Å². The Hall–Kier alpha value is -3.11. The van der Waals surface area contributed by atoms with Crippen LogP contribution < -0.4 is 5.32 Å². The van der Waals surface area contributed by atoms with Gasteiger partial charge in [-0.15, -0.1) is 0 Å². The van der Waals surface area contributed by atoms with E-state index in [1.807, 2.05) is 0 Å². The second-order valence-electron chi connectivity index (χ2n) is 7.12. The molecule has 3 aromatic carbocycles. The van der Waals surface area contributed by atoms with Crippen molar-refractivity contribution in [1.82, 2.24) is 0 Å². The van der Waals surface area contributed by atoms with Crippen LogP contribution >= 0.6 is 50.7 Å². The molecule has 0 aliphatic carbocycles. The maximum atomic E-state index is 13.1. The summed E-state index contributed by atoms with van der Waals surface area (Å²) >= 11 is 21.0. The molecule has 0 aliphatic heterocycles. The van der Waals surface area contributed by atoms with Crippen molar-refractivity contribution in [3.8, 4) is 0 Å². The fraction of sp³-hybridized carbons (Fsp3) is 0.0833. The third-order valence-corrected chi connectivity index (χ3v) is 5.90. The van der Waals surface area contributed by atoms with Gasteiger partial charge in [0, 0.05) is 14.5 Å². The van der Waals surface area contributed by atoms with Gasteiger partial charge in [-0.25, -0.2) is 14.4 Å². The maximum Gasteiger partial charge on any atom is 0.349 e. The van der Waals surface area contributed by atoms with Gasteiger partial charge in [0.15, 0.2) is 0 Å². The maximum absolute atomic E-state index is 13.1. The van der Waals surface area contributed by atoms with Crippen LogP contribution in [-0.4, -0.2) is 41.1 Å². The zero-order valence-corrected chi connectivity index (χ0v) is 21.8. The fourth-order valence-corrected chi connectivity index (χ4v) is 3.80. The van der Waals surface area contributed by atoms with Crippen molar-refractivity contribution >= 4 is 80.2 Å². The average molecular weight is 616 g/mol. The SMILES string of the molecule is O=C(O[C@H](C(=O)O)[C@@H](OC(=O)c1ccc(Cl)cc1)C(=O)Nc1ccc(Br)cc1Cl)c1ccc(Cl)cc1. The molecule has 0 saturated heterocycles. The number of hydrogen-bond acceptors (Lipinski definition) is 6. The van der Waals surface area contributed by atoms with Crippen LogP contribution in [0.4, 0.5) is 5.69 Å². The number of nitrogens with one attached hydrogen (secondary N) is 1. The van der Waals surface area contributed by atoms with E-state index in [1.54, 1.807) is 6.07 Å². The van der Waals surface area contributed by atoms with Crippen molar-refractivity contribution in [2.45, 2.75) is 12.2 Å². The van der Waals surface area contributed by atoms with Crippen LogP contribution in [0.25, 0.3) is 0 Å². The number of hydrogen-bond donors (Lipinski definition) is 2. The first kappa shape index (κ1) is 27.5. The van der Waals surface area contributed by atoms with Gasteiger partial charge in [0.25, 0.3) is 5.91 Å². The lowest BCUT2D eigenvalue weighted by molar-refractivity contribution is -0.157. The minimum atomic E-state index is -2.21. The molecule has 2 N–H and O–H groups in total. The molecule has 0 aromatic heterocycles. The van der Waals surface area contributed by atoms with Gasteiger partial charge < -0.3 is 19.9 Å². The normalized spacial score (nSPS) is 12.2. The zero-order chi connectivity index (χ0) is 26.4. The zero-order valence-electron chi connectivity index (χ0n) is 17.9. The summed E-state index contributed by atoms with van der Waals surface area (Å²) in [4.78, 5) is 50.5. The van der Waals surface area contributed by atoms with E-state index in [-0.39, 0.29) is 21.8 Å². The summed E-state index contributed by atoms with van der Waals surface area (Å²) in [5.74, 6) is -4.97. The number of carbonyl (C=O) groups is 4. The Morgan fingerprint density at radius 3 is 1.67 bits per heavy atom. The van der Waals surface area contributed by atoms with Gasteiger partial charge in [-0.05, 0) is 66.7 Å². The van der Waals surface area contributed by atoms with E-state index in [2.05, 4.69) is 21.2 Å². The number of carboxylic acid groups (broad SMARTS) is 1. The molecule has 36 heavy (non-hydrogen) atoms. The van der Waals surface area contributed by atoms with Crippen LogP contribution in [-0.2, 0) is 19.1 Å². The summed E-state index contributed by atoms with van der Waals surface area (Å²) in [5, 5.41) is 13.0. The van der Waals surface area contributed by atoms with Crippen LogP contribution in [0.15, 0.2) is 71.2 Å². The molecule has 0 unspecified atom stereocenters. The highest BCUT2D eigenvalue weighted by molar-refractivity contribution is 9.10. The summed E-state index contributed by atoms with van der Waals surface area (Å²) in [6, 6.07) is 15.4. The number of carbonyl (C=O) groups excluding carboxylic acids is 3. The lowest BCUT2D eigenvalue weighted by Gasteiger charge is -2.24. The average Bonchev–Trinajstić information content (AvgIpc) is 2.83. The van der Waals surface area contributed by atoms with Gasteiger partial charge in [0.2, 0.25) is 12.2 Å². The first-order chi connectivity index (χ1) is 17.0. The van der Waals surface area contributed by atoms with Crippen LogP contribution in [0.2, 0.25) is 15.1 Å². The first-order valence-electron chi connectivity index (χ1n) is 9.97. The third-order valence-electron chi connectivity index (χ3n) is 4.59. The Morgan fingerprint density at radius 1 is 0.750 bits per heavy atom. The molecule has 8 nitrogen and oxygen atoms in total. The number of ether oxygens (including phenoxy) is 2. The highest BCUT2D eigenvalue weighted by atomic mass is 79.9. The van der Waals surface area contributed by atoms with Gasteiger partial charge in [0.05, 0.1) is 21.8 Å². The molecular formula is C24H15BrCl3NO7. The number of anilines is 1. The Morgan fingerprint density at radius 2 is 1.22 bits per heavy atom. The van der Waals surface area contributed by atoms with Crippen molar-refractivity contribution in [1.29, 1.82) is 0 Å². The molecule has 186 valence electrons. The van der Waals surface area contributed by atoms with E-state index in [4.69, 9.17) is 44.3 Å². The number of halogens is 4. The highest BCUT2D eigenvalue weighted by Crippen LogP contribution is 2.26. The van der Waals surface area contributed by atoms with E-state index in [0.717, 1.165) is 0 Å². The molecule has 0 aliphatic rings. The van der Waals surface area contributed by atoms with Crippen LogP contribution in [0.5, 0.6) is 0 Å². The first-order valence-corrected chi connectivity index (χ1v) is 11.9. The molecule has 0 spiro atoms. The lowest BCUT2D eigenvalue weighted by Crippen LogP contribution is -2.48. The molecule has 2 atom stereocenters. The number of esters is 2. The standard InChI is InChI=1S/C24H15BrCl3NO7/c25-14-5-10-18(17(28)11-14)29-21(30)19(35-23(33)12-1-6-15(26)7-2-12)20(22(31)32)36-24(34)13-3-8-16(27)9-4-13/h1-11,19-20H,(H,29,30)(H,31,32)/t19-,20+/m1/s1. The fourth-order valence-electron chi connectivity index (χ4n) is 2.83. The van der Waals surface area contributed by atoms with Gasteiger partial charge in [0.1, 0.15) is 0 Å². The monoisotopic (exact) mass is 613 g/mol. The molecule has 0 bridgehead atoms. The molecule has 0 heterocycles. The number of rotatable bonds is 8. The molecule has 3 rings (SSSR count). The summed E-state index contributed by atoms with van der Waals surface area (Å²) in [7, 11) is 0. The molecule has 12 heteroatoms. The summed E-state index contributed by atoms with van der Waals surface area (Å²) in [6.07, 6.45) is -4.31. The topological polar surface area (TPSA) is 119 Å². The molecule has 0 radical (unpaired) electrons. The van der Waals surface area contributed by atoms with Crippen molar-refractivity contribution in [2.24, 2.45) is 0 Å². The molecule has 1 amide bonds. The molecular weight excluding hydrogens is 601 g/mol. The van der Waals surface area contributed by atoms with Crippen molar-refractivity contribution in [2.75, 3.05) is 5.32 Å². The largest absolute Gasteiger partial charge is 0.478 e. The number of carboxylic acids is 1. The Balaban J connectivity index is 1.92. The predicted octanol–water partition coefficient (Wildman–Crippen LogP) is 5.88. The minimum absolute atomic E-state index is 0.0213. The lowest BCUT2D eigenvalue weighted by atomic mass is 10.1. The summed E-state index contributed by atoms with van der Waals surface area (Å²) in [6.45, 7) is 0.